The van der Waals surface area contributed by atoms with E-state index < -0.39 is 0 Å². The van der Waals surface area contributed by atoms with Crippen molar-refractivity contribution in [3.05, 3.63) is 29.1 Å². The summed E-state index contributed by atoms with van der Waals surface area (Å²) in [6.45, 7) is 13.7. The van der Waals surface area contributed by atoms with Crippen LogP contribution in [0.5, 0.6) is 0 Å². The van der Waals surface area contributed by atoms with Crippen molar-refractivity contribution >= 4 is 5.69 Å². The van der Waals surface area contributed by atoms with E-state index in [-0.39, 0.29) is 11.4 Å². The molecule has 1 atom stereocenters. The quantitative estimate of drug-likeness (QED) is 0.757. The fourth-order valence-electron chi connectivity index (χ4n) is 3.73. The maximum atomic E-state index is 14.5. The molecule has 0 radical (unpaired) electrons. The van der Waals surface area contributed by atoms with Gasteiger partial charge in [-0.15, -0.1) is 0 Å². The van der Waals surface area contributed by atoms with Crippen LogP contribution in [-0.4, -0.2) is 18.6 Å². The number of hydrogen-bond acceptors (Lipinski definition) is 2. The van der Waals surface area contributed by atoms with Crippen molar-refractivity contribution in [2.24, 2.45) is 0 Å². The van der Waals surface area contributed by atoms with E-state index in [0.717, 1.165) is 43.6 Å². The zero-order valence-corrected chi connectivity index (χ0v) is 14.8. The summed E-state index contributed by atoms with van der Waals surface area (Å²) in [6, 6.07) is 3.86. The Morgan fingerprint density at radius 2 is 2.00 bits per heavy atom. The standard InChI is InChI=1S/C19H31FN2/c1-6-8-21-13-15-10-16-14(3)12-19(4,5)22(9-7-2)18(16)11-17(15)20/h10-11,14,21H,6-9,12-13H2,1-5H3/t14-/m0/s1. The van der Waals surface area contributed by atoms with Gasteiger partial charge in [0.15, 0.2) is 0 Å². The molecule has 0 unspecified atom stereocenters. The van der Waals surface area contributed by atoms with Crippen LogP contribution in [0.3, 0.4) is 0 Å². The SMILES string of the molecule is CCCNCc1cc2c(cc1F)N(CCC)C(C)(C)C[C@@H]2C. The van der Waals surface area contributed by atoms with E-state index in [4.69, 9.17) is 0 Å². The van der Waals surface area contributed by atoms with Crippen LogP contribution in [0.4, 0.5) is 10.1 Å². The Morgan fingerprint density at radius 1 is 1.27 bits per heavy atom. The summed E-state index contributed by atoms with van der Waals surface area (Å²) in [6.07, 6.45) is 3.27. The Labute approximate surface area is 135 Å². The molecule has 2 rings (SSSR count). The number of nitrogens with one attached hydrogen (secondary N) is 1. The van der Waals surface area contributed by atoms with Crippen molar-refractivity contribution in [1.29, 1.82) is 0 Å². The minimum atomic E-state index is -0.0756. The second kappa shape index (κ2) is 6.99. The highest BCUT2D eigenvalue weighted by molar-refractivity contribution is 5.61. The van der Waals surface area contributed by atoms with E-state index in [1.807, 2.05) is 0 Å². The lowest BCUT2D eigenvalue weighted by atomic mass is 9.79. The molecule has 2 nitrogen and oxygen atoms in total. The van der Waals surface area contributed by atoms with Crippen LogP contribution in [0, 0.1) is 5.82 Å². The lowest BCUT2D eigenvalue weighted by Gasteiger charge is -2.47. The maximum absolute atomic E-state index is 14.5. The largest absolute Gasteiger partial charge is 0.366 e. The predicted octanol–water partition coefficient (Wildman–Crippen LogP) is 4.83. The van der Waals surface area contributed by atoms with Crippen LogP contribution in [-0.2, 0) is 6.54 Å². The van der Waals surface area contributed by atoms with Crippen LogP contribution in [0.15, 0.2) is 12.1 Å². The highest BCUT2D eigenvalue weighted by Crippen LogP contribution is 2.44. The van der Waals surface area contributed by atoms with Crippen molar-refractivity contribution in [2.45, 2.75) is 71.9 Å². The molecule has 1 aromatic rings. The lowest BCUT2D eigenvalue weighted by Crippen LogP contribution is -2.48. The molecular weight excluding hydrogens is 275 g/mol. The summed E-state index contributed by atoms with van der Waals surface area (Å²) >= 11 is 0. The molecule has 0 aliphatic carbocycles. The van der Waals surface area contributed by atoms with Gasteiger partial charge in [0.2, 0.25) is 0 Å². The smallest absolute Gasteiger partial charge is 0.129 e. The Balaban J connectivity index is 2.37. The second-order valence-electron chi connectivity index (χ2n) is 7.25. The van der Waals surface area contributed by atoms with Gasteiger partial charge < -0.3 is 10.2 Å². The molecule has 0 saturated carbocycles. The molecule has 0 spiro atoms. The van der Waals surface area contributed by atoms with Crippen molar-refractivity contribution in [3.63, 3.8) is 0 Å². The first-order chi connectivity index (χ1) is 10.4. The Kier molecular flexibility index (Phi) is 5.49. The van der Waals surface area contributed by atoms with Crippen molar-refractivity contribution in [3.8, 4) is 0 Å². The first kappa shape index (κ1) is 17.3. The molecule has 1 aliphatic rings. The summed E-state index contributed by atoms with van der Waals surface area (Å²) in [5, 5.41) is 3.31. The normalized spacial score (nSPS) is 20.1. The van der Waals surface area contributed by atoms with Crippen molar-refractivity contribution in [2.75, 3.05) is 18.0 Å². The Morgan fingerprint density at radius 3 is 2.64 bits per heavy atom. The highest BCUT2D eigenvalue weighted by Gasteiger charge is 2.36. The van der Waals surface area contributed by atoms with Gasteiger partial charge in [0.25, 0.3) is 0 Å². The number of nitrogens with zero attached hydrogens (tertiary/aromatic N) is 1. The van der Waals surface area contributed by atoms with E-state index >= 15 is 0 Å². The molecule has 0 amide bonds. The third kappa shape index (κ3) is 3.45. The number of hydrogen-bond donors (Lipinski definition) is 1. The van der Waals surface area contributed by atoms with Crippen LogP contribution in [0.25, 0.3) is 0 Å². The monoisotopic (exact) mass is 306 g/mol. The second-order valence-corrected chi connectivity index (χ2v) is 7.25. The molecule has 1 N–H and O–H groups in total. The minimum Gasteiger partial charge on any atom is -0.366 e. The summed E-state index contributed by atoms with van der Waals surface area (Å²) in [5.74, 6) is 0.400. The van der Waals surface area contributed by atoms with Gasteiger partial charge in [0.05, 0.1) is 0 Å². The zero-order chi connectivity index (χ0) is 16.3. The average molecular weight is 306 g/mol. The Bertz CT molecular complexity index is 510. The molecule has 3 heteroatoms. The third-order valence-corrected chi connectivity index (χ3v) is 4.74. The Hall–Kier alpha value is -1.09. The molecule has 1 heterocycles. The van der Waals surface area contributed by atoms with Gasteiger partial charge in [-0.3, -0.25) is 0 Å². The van der Waals surface area contributed by atoms with Gasteiger partial charge in [-0.2, -0.15) is 0 Å². The molecule has 1 aromatic carbocycles. The molecule has 124 valence electrons. The summed E-state index contributed by atoms with van der Waals surface area (Å²) < 4.78 is 14.5. The predicted molar refractivity (Wildman–Crippen MR) is 93.1 cm³/mol. The van der Waals surface area contributed by atoms with Crippen molar-refractivity contribution in [1.82, 2.24) is 5.32 Å². The molecule has 22 heavy (non-hydrogen) atoms. The topological polar surface area (TPSA) is 15.3 Å². The number of fused-ring (bicyclic) bond motifs is 1. The van der Waals surface area contributed by atoms with Gasteiger partial charge in [-0.1, -0.05) is 20.8 Å². The molecular formula is C19H31FN2. The van der Waals surface area contributed by atoms with Gasteiger partial charge in [-0.25, -0.2) is 4.39 Å². The summed E-state index contributed by atoms with van der Waals surface area (Å²) in [4.78, 5) is 2.40. The average Bonchev–Trinajstić information content (AvgIpc) is 2.44. The molecule has 0 aromatic heterocycles. The molecule has 1 aliphatic heterocycles. The zero-order valence-electron chi connectivity index (χ0n) is 14.8. The fourth-order valence-corrected chi connectivity index (χ4v) is 3.73. The number of benzene rings is 1. The van der Waals surface area contributed by atoms with Crippen LogP contribution < -0.4 is 10.2 Å². The van der Waals surface area contributed by atoms with E-state index in [1.54, 1.807) is 6.07 Å². The van der Waals surface area contributed by atoms with Gasteiger partial charge in [-0.05, 0) is 63.3 Å². The first-order valence-electron chi connectivity index (χ1n) is 8.71. The minimum absolute atomic E-state index is 0.0756. The maximum Gasteiger partial charge on any atom is 0.129 e. The first-order valence-corrected chi connectivity index (χ1v) is 8.71. The molecule has 0 saturated heterocycles. The van der Waals surface area contributed by atoms with E-state index in [2.05, 4.69) is 50.9 Å². The lowest BCUT2D eigenvalue weighted by molar-refractivity contribution is 0.374. The number of rotatable bonds is 6. The number of halogens is 1. The summed E-state index contributed by atoms with van der Waals surface area (Å²) in [5.41, 5.74) is 3.30. The van der Waals surface area contributed by atoms with Gasteiger partial charge in [0.1, 0.15) is 5.82 Å². The fraction of sp³-hybridized carbons (Fsp3) is 0.684. The van der Waals surface area contributed by atoms with Crippen LogP contribution >= 0.6 is 0 Å². The highest BCUT2D eigenvalue weighted by atomic mass is 19.1. The third-order valence-electron chi connectivity index (χ3n) is 4.74. The molecule has 0 bridgehead atoms. The van der Waals surface area contributed by atoms with Gasteiger partial charge >= 0.3 is 0 Å². The summed E-state index contributed by atoms with van der Waals surface area (Å²) in [7, 11) is 0. The van der Waals surface area contributed by atoms with Crippen molar-refractivity contribution < 1.29 is 4.39 Å². The van der Waals surface area contributed by atoms with E-state index in [0.29, 0.717) is 12.5 Å². The van der Waals surface area contributed by atoms with Crippen LogP contribution in [0.2, 0.25) is 0 Å². The molecule has 0 fully saturated rings. The van der Waals surface area contributed by atoms with E-state index in [1.165, 1.54) is 5.56 Å². The van der Waals surface area contributed by atoms with Gasteiger partial charge in [0, 0.05) is 29.9 Å². The van der Waals surface area contributed by atoms with E-state index in [9.17, 15) is 4.39 Å². The number of anilines is 1. The van der Waals surface area contributed by atoms with Crippen LogP contribution in [0.1, 0.15) is 70.9 Å².